The summed E-state index contributed by atoms with van der Waals surface area (Å²) in [4.78, 5) is 7.15. The Morgan fingerprint density at radius 2 is 2.05 bits per heavy atom. The van der Waals surface area contributed by atoms with Crippen molar-refractivity contribution in [3.63, 3.8) is 0 Å². The Hall–Kier alpha value is -0.810. The molecule has 130 valence electrons. The fourth-order valence-corrected chi connectivity index (χ4v) is 2.89. The number of nitrogens with one attached hydrogen (secondary N) is 1. The van der Waals surface area contributed by atoms with Crippen molar-refractivity contribution in [3.8, 4) is 0 Å². The van der Waals surface area contributed by atoms with Gasteiger partial charge in [-0.3, -0.25) is 9.89 Å². The van der Waals surface area contributed by atoms with Crippen LogP contribution in [0.15, 0.2) is 4.99 Å². The average Bonchev–Trinajstić information content (AvgIpc) is 2.48. The predicted molar refractivity (Wildman–Crippen MR) is 94.2 cm³/mol. The van der Waals surface area contributed by atoms with E-state index in [4.69, 9.17) is 10.5 Å². The van der Waals surface area contributed by atoms with Gasteiger partial charge in [0.05, 0.1) is 6.54 Å². The summed E-state index contributed by atoms with van der Waals surface area (Å²) in [6.07, 6.45) is 3.57. The van der Waals surface area contributed by atoms with Crippen LogP contribution in [-0.4, -0.2) is 56.3 Å². The predicted octanol–water partition coefficient (Wildman–Crippen LogP) is 2.07. The molecule has 5 nitrogen and oxygen atoms in total. The summed E-state index contributed by atoms with van der Waals surface area (Å²) >= 11 is 0. The second kappa shape index (κ2) is 10.8. The molecule has 1 aliphatic rings. The first kappa shape index (κ1) is 19.2. The molecular weight excluding hydrogens is 276 g/mol. The lowest BCUT2D eigenvalue weighted by molar-refractivity contribution is 0.113. The van der Waals surface area contributed by atoms with E-state index in [0.29, 0.717) is 17.9 Å². The van der Waals surface area contributed by atoms with Gasteiger partial charge in [0.15, 0.2) is 5.96 Å². The largest absolute Gasteiger partial charge is 0.382 e. The van der Waals surface area contributed by atoms with Crippen LogP contribution in [0.25, 0.3) is 0 Å². The number of ether oxygens (including phenoxy) is 1. The van der Waals surface area contributed by atoms with Gasteiger partial charge in [0, 0.05) is 25.8 Å². The summed E-state index contributed by atoms with van der Waals surface area (Å²) in [5.41, 5.74) is 5.97. The highest BCUT2D eigenvalue weighted by molar-refractivity contribution is 5.77. The molecule has 1 rings (SSSR count). The molecule has 1 saturated heterocycles. The summed E-state index contributed by atoms with van der Waals surface area (Å²) in [5, 5.41) is 3.18. The third kappa shape index (κ3) is 7.45. The molecule has 0 aliphatic carbocycles. The summed E-state index contributed by atoms with van der Waals surface area (Å²) in [7, 11) is 0. The van der Waals surface area contributed by atoms with Crippen LogP contribution in [0, 0.1) is 11.8 Å². The van der Waals surface area contributed by atoms with Crippen molar-refractivity contribution in [2.45, 2.75) is 53.0 Å². The van der Waals surface area contributed by atoms with Crippen molar-refractivity contribution in [1.29, 1.82) is 0 Å². The molecule has 0 amide bonds. The molecule has 0 aromatic heterocycles. The molecular formula is C17H36N4O. The molecule has 0 aromatic carbocycles. The number of hydrogen-bond donors (Lipinski definition) is 2. The van der Waals surface area contributed by atoms with Gasteiger partial charge in [0.25, 0.3) is 0 Å². The number of piperidine rings is 1. The van der Waals surface area contributed by atoms with E-state index in [0.717, 1.165) is 38.6 Å². The number of rotatable bonds is 9. The Morgan fingerprint density at radius 3 is 2.64 bits per heavy atom. The van der Waals surface area contributed by atoms with Crippen LogP contribution in [-0.2, 0) is 4.74 Å². The van der Waals surface area contributed by atoms with E-state index in [1.165, 1.54) is 25.9 Å². The zero-order valence-electron chi connectivity index (χ0n) is 15.0. The molecule has 0 radical (unpaired) electrons. The lowest BCUT2D eigenvalue weighted by Gasteiger charge is -2.38. The summed E-state index contributed by atoms with van der Waals surface area (Å²) in [5.74, 6) is 2.03. The minimum Gasteiger partial charge on any atom is -0.382 e. The van der Waals surface area contributed by atoms with Gasteiger partial charge in [-0.15, -0.1) is 0 Å². The quantitative estimate of drug-likeness (QED) is 0.389. The van der Waals surface area contributed by atoms with Gasteiger partial charge < -0.3 is 15.8 Å². The normalized spacial score (nSPS) is 19.6. The minimum atomic E-state index is 0.497. The third-order valence-electron chi connectivity index (χ3n) is 4.48. The van der Waals surface area contributed by atoms with Crippen LogP contribution >= 0.6 is 0 Å². The zero-order chi connectivity index (χ0) is 16.4. The van der Waals surface area contributed by atoms with Crippen molar-refractivity contribution in [1.82, 2.24) is 10.2 Å². The standard InChI is InChI=1S/C17H36N4O/c1-5-22-12-6-9-19-17(18)20-13-16(14(2)3)21-10-7-15(4)8-11-21/h14-16H,5-13H2,1-4H3,(H3,18,19,20). The summed E-state index contributed by atoms with van der Waals surface area (Å²) in [6.45, 7) is 14.5. The number of aliphatic imine (C=N–C) groups is 1. The second-order valence-electron chi connectivity index (χ2n) is 6.73. The Morgan fingerprint density at radius 1 is 1.36 bits per heavy atom. The molecule has 3 N–H and O–H groups in total. The number of guanidine groups is 1. The van der Waals surface area contributed by atoms with Gasteiger partial charge in [-0.2, -0.15) is 0 Å². The fraction of sp³-hybridized carbons (Fsp3) is 0.941. The fourth-order valence-electron chi connectivity index (χ4n) is 2.89. The highest BCUT2D eigenvalue weighted by atomic mass is 16.5. The van der Waals surface area contributed by atoms with E-state index in [1.807, 2.05) is 6.92 Å². The highest BCUT2D eigenvalue weighted by Gasteiger charge is 2.25. The van der Waals surface area contributed by atoms with Gasteiger partial charge in [0.2, 0.25) is 0 Å². The topological polar surface area (TPSA) is 62.9 Å². The Kier molecular flexibility index (Phi) is 9.48. The SMILES string of the molecule is CCOCCCNC(N)=NCC(C(C)C)N1CCC(C)CC1. The molecule has 22 heavy (non-hydrogen) atoms. The Balaban J connectivity index is 2.34. The van der Waals surface area contributed by atoms with Crippen molar-refractivity contribution in [2.75, 3.05) is 39.4 Å². The van der Waals surface area contributed by atoms with Crippen molar-refractivity contribution in [3.05, 3.63) is 0 Å². The molecule has 5 heteroatoms. The molecule has 1 atom stereocenters. The Labute approximate surface area is 136 Å². The maximum absolute atomic E-state index is 5.97. The van der Waals surface area contributed by atoms with Crippen molar-refractivity contribution >= 4 is 5.96 Å². The van der Waals surface area contributed by atoms with E-state index >= 15 is 0 Å². The highest BCUT2D eigenvalue weighted by Crippen LogP contribution is 2.21. The molecule has 0 saturated carbocycles. The van der Waals surface area contributed by atoms with Crippen LogP contribution in [0.2, 0.25) is 0 Å². The van der Waals surface area contributed by atoms with Gasteiger partial charge >= 0.3 is 0 Å². The van der Waals surface area contributed by atoms with E-state index in [1.54, 1.807) is 0 Å². The molecule has 1 unspecified atom stereocenters. The first-order chi connectivity index (χ1) is 10.5. The van der Waals surface area contributed by atoms with Crippen LogP contribution in [0.4, 0.5) is 0 Å². The number of likely N-dealkylation sites (tertiary alicyclic amines) is 1. The van der Waals surface area contributed by atoms with Crippen LogP contribution in [0.3, 0.4) is 0 Å². The maximum atomic E-state index is 5.97. The summed E-state index contributed by atoms with van der Waals surface area (Å²) < 4.78 is 5.31. The van der Waals surface area contributed by atoms with Gasteiger partial charge in [0.1, 0.15) is 0 Å². The monoisotopic (exact) mass is 312 g/mol. The van der Waals surface area contributed by atoms with E-state index in [2.05, 4.69) is 36.0 Å². The molecule has 0 bridgehead atoms. The molecule has 1 aliphatic heterocycles. The van der Waals surface area contributed by atoms with Crippen molar-refractivity contribution < 1.29 is 4.74 Å². The van der Waals surface area contributed by atoms with E-state index < -0.39 is 0 Å². The smallest absolute Gasteiger partial charge is 0.188 e. The third-order valence-corrected chi connectivity index (χ3v) is 4.48. The molecule has 1 fully saturated rings. The van der Waals surface area contributed by atoms with E-state index in [-0.39, 0.29) is 0 Å². The lowest BCUT2D eigenvalue weighted by Crippen LogP contribution is -2.46. The first-order valence-corrected chi connectivity index (χ1v) is 8.90. The molecule has 0 aromatic rings. The number of nitrogens with zero attached hydrogens (tertiary/aromatic N) is 2. The Bertz CT molecular complexity index is 312. The number of hydrogen-bond acceptors (Lipinski definition) is 3. The second-order valence-corrected chi connectivity index (χ2v) is 6.73. The maximum Gasteiger partial charge on any atom is 0.188 e. The lowest BCUT2D eigenvalue weighted by atomic mass is 9.94. The van der Waals surface area contributed by atoms with E-state index in [9.17, 15) is 0 Å². The first-order valence-electron chi connectivity index (χ1n) is 8.90. The minimum absolute atomic E-state index is 0.497. The molecule has 1 heterocycles. The van der Waals surface area contributed by atoms with Crippen LogP contribution < -0.4 is 11.1 Å². The van der Waals surface area contributed by atoms with Crippen LogP contribution in [0.1, 0.15) is 47.0 Å². The average molecular weight is 313 g/mol. The van der Waals surface area contributed by atoms with Gasteiger partial charge in [-0.05, 0) is 51.1 Å². The van der Waals surface area contributed by atoms with Gasteiger partial charge in [-0.25, -0.2) is 0 Å². The van der Waals surface area contributed by atoms with Crippen molar-refractivity contribution in [2.24, 2.45) is 22.6 Å². The molecule has 0 spiro atoms. The van der Waals surface area contributed by atoms with Gasteiger partial charge in [-0.1, -0.05) is 20.8 Å². The summed E-state index contributed by atoms with van der Waals surface area (Å²) in [6, 6.07) is 0.497. The van der Waals surface area contributed by atoms with Crippen LogP contribution in [0.5, 0.6) is 0 Å². The number of nitrogens with two attached hydrogens (primary N) is 1. The zero-order valence-corrected chi connectivity index (χ0v) is 15.0.